The van der Waals surface area contributed by atoms with E-state index in [0.29, 0.717) is 17.1 Å². The van der Waals surface area contributed by atoms with Gasteiger partial charge in [-0.15, -0.1) is 0 Å². The van der Waals surface area contributed by atoms with Crippen molar-refractivity contribution in [1.29, 1.82) is 0 Å². The smallest absolute Gasteiger partial charge is 0.308 e. The maximum Gasteiger partial charge on any atom is 0.308 e. The number of carbonyl (C=O) groups excluding carboxylic acids is 2. The van der Waals surface area contributed by atoms with E-state index >= 15 is 0 Å². The molecule has 2 aromatic carbocycles. The van der Waals surface area contributed by atoms with E-state index in [1.807, 2.05) is 30.3 Å². The summed E-state index contributed by atoms with van der Waals surface area (Å²) in [5.74, 6) is 0.405. The van der Waals surface area contributed by atoms with Gasteiger partial charge < -0.3 is 10.1 Å². The van der Waals surface area contributed by atoms with Gasteiger partial charge in [0.15, 0.2) is 0 Å². The van der Waals surface area contributed by atoms with Crippen LogP contribution in [0.2, 0.25) is 0 Å². The summed E-state index contributed by atoms with van der Waals surface area (Å²) < 4.78 is 5.02. The fourth-order valence-corrected chi connectivity index (χ4v) is 2.35. The molecular weight excluding hydrogens is 316 g/mol. The van der Waals surface area contributed by atoms with Crippen molar-refractivity contribution in [2.45, 2.75) is 6.92 Å². The molecule has 1 N–H and O–H groups in total. The molecule has 0 aliphatic rings. The number of esters is 1. The highest BCUT2D eigenvalue weighted by Gasteiger charge is 2.08. The van der Waals surface area contributed by atoms with Crippen LogP contribution in [0, 0.1) is 0 Å². The Morgan fingerprint density at radius 3 is 2.40 bits per heavy atom. The van der Waals surface area contributed by atoms with Gasteiger partial charge in [0.1, 0.15) is 11.6 Å². The van der Waals surface area contributed by atoms with Gasteiger partial charge in [-0.05, 0) is 47.5 Å². The topological polar surface area (TPSA) is 68.3 Å². The summed E-state index contributed by atoms with van der Waals surface area (Å²) >= 11 is 0. The quantitative estimate of drug-likeness (QED) is 0.581. The lowest BCUT2D eigenvalue weighted by atomic mass is 10.0. The Morgan fingerprint density at radius 2 is 1.72 bits per heavy atom. The largest absolute Gasteiger partial charge is 0.427 e. The zero-order chi connectivity index (χ0) is 17.6. The molecule has 1 aromatic heterocycles. The van der Waals surface area contributed by atoms with Crippen LogP contribution < -0.4 is 10.1 Å². The number of carbonyl (C=O) groups is 2. The molecule has 0 radical (unpaired) electrons. The molecule has 0 bridgehead atoms. The van der Waals surface area contributed by atoms with Crippen molar-refractivity contribution >= 4 is 17.7 Å². The van der Waals surface area contributed by atoms with Crippen molar-refractivity contribution in [3.63, 3.8) is 0 Å². The van der Waals surface area contributed by atoms with Crippen LogP contribution in [0.15, 0.2) is 72.9 Å². The number of hydrogen-bond donors (Lipinski definition) is 1. The fraction of sp³-hybridized carbons (Fsp3) is 0.0500. The first-order chi connectivity index (χ1) is 12.1. The van der Waals surface area contributed by atoms with Gasteiger partial charge in [-0.1, -0.05) is 30.3 Å². The summed E-state index contributed by atoms with van der Waals surface area (Å²) in [4.78, 5) is 27.4. The van der Waals surface area contributed by atoms with E-state index in [0.717, 1.165) is 11.1 Å². The number of pyridine rings is 1. The molecule has 5 nitrogen and oxygen atoms in total. The first kappa shape index (κ1) is 16.4. The molecule has 124 valence electrons. The summed E-state index contributed by atoms with van der Waals surface area (Å²) in [5.41, 5.74) is 2.35. The molecule has 0 spiro atoms. The Bertz CT molecular complexity index is 890. The zero-order valence-corrected chi connectivity index (χ0v) is 13.6. The van der Waals surface area contributed by atoms with Gasteiger partial charge in [0.25, 0.3) is 5.91 Å². The fourth-order valence-electron chi connectivity index (χ4n) is 2.35. The molecule has 25 heavy (non-hydrogen) atoms. The van der Waals surface area contributed by atoms with Gasteiger partial charge in [0, 0.05) is 18.7 Å². The van der Waals surface area contributed by atoms with Crippen LogP contribution >= 0.6 is 0 Å². The van der Waals surface area contributed by atoms with Crippen LogP contribution in [0.25, 0.3) is 11.1 Å². The molecule has 0 fully saturated rings. The lowest BCUT2D eigenvalue weighted by Gasteiger charge is -2.07. The van der Waals surface area contributed by atoms with E-state index in [1.54, 1.807) is 42.6 Å². The van der Waals surface area contributed by atoms with Crippen LogP contribution in [0.5, 0.6) is 5.75 Å². The molecule has 0 aliphatic carbocycles. The Balaban J connectivity index is 1.79. The van der Waals surface area contributed by atoms with E-state index in [9.17, 15) is 9.59 Å². The first-order valence-corrected chi connectivity index (χ1v) is 7.73. The third-order valence-electron chi connectivity index (χ3n) is 3.48. The Morgan fingerprint density at radius 1 is 0.920 bits per heavy atom. The molecule has 5 heteroatoms. The SMILES string of the molecule is CC(=O)Oc1ccc(-c2cccc(C(=O)Nc3ccccn3)c2)cc1. The van der Waals surface area contributed by atoms with E-state index in [4.69, 9.17) is 4.74 Å². The second-order valence-electron chi connectivity index (χ2n) is 5.37. The van der Waals surface area contributed by atoms with Crippen LogP contribution in [-0.2, 0) is 4.79 Å². The third-order valence-corrected chi connectivity index (χ3v) is 3.48. The van der Waals surface area contributed by atoms with Crippen molar-refractivity contribution < 1.29 is 14.3 Å². The summed E-state index contributed by atoms with van der Waals surface area (Å²) in [5, 5.41) is 2.76. The molecule has 1 heterocycles. The number of aromatic nitrogens is 1. The highest BCUT2D eigenvalue weighted by molar-refractivity contribution is 6.04. The number of hydrogen-bond acceptors (Lipinski definition) is 4. The van der Waals surface area contributed by atoms with E-state index in [2.05, 4.69) is 10.3 Å². The van der Waals surface area contributed by atoms with Gasteiger partial charge in [-0.2, -0.15) is 0 Å². The van der Waals surface area contributed by atoms with Crippen molar-refractivity contribution in [3.05, 3.63) is 78.5 Å². The van der Waals surface area contributed by atoms with Gasteiger partial charge in [-0.3, -0.25) is 9.59 Å². The van der Waals surface area contributed by atoms with Crippen LogP contribution in [-0.4, -0.2) is 16.9 Å². The molecule has 0 atom stereocenters. The maximum absolute atomic E-state index is 12.4. The standard InChI is InChI=1S/C20H16N2O3/c1-14(23)25-18-10-8-15(9-11-18)16-5-4-6-17(13-16)20(24)22-19-7-2-3-12-21-19/h2-13H,1H3,(H,21,22,24). The number of amides is 1. The van der Waals surface area contributed by atoms with Gasteiger partial charge in [0.05, 0.1) is 0 Å². The molecule has 1 amide bonds. The molecule has 3 rings (SSSR count). The average Bonchev–Trinajstić information content (AvgIpc) is 2.63. The van der Waals surface area contributed by atoms with Crippen LogP contribution in [0.4, 0.5) is 5.82 Å². The van der Waals surface area contributed by atoms with Crippen LogP contribution in [0.3, 0.4) is 0 Å². The van der Waals surface area contributed by atoms with Crippen molar-refractivity contribution in [1.82, 2.24) is 4.98 Å². The normalized spacial score (nSPS) is 10.1. The number of anilines is 1. The summed E-state index contributed by atoms with van der Waals surface area (Å²) in [6.07, 6.45) is 1.62. The summed E-state index contributed by atoms with van der Waals surface area (Å²) in [6, 6.07) is 19.7. The minimum atomic E-state index is -0.360. The number of nitrogens with zero attached hydrogens (tertiary/aromatic N) is 1. The molecule has 0 aliphatic heterocycles. The predicted octanol–water partition coefficient (Wildman–Crippen LogP) is 3.93. The number of nitrogens with one attached hydrogen (secondary N) is 1. The number of benzene rings is 2. The predicted molar refractivity (Wildman–Crippen MR) is 95.4 cm³/mol. The van der Waals surface area contributed by atoms with E-state index in [1.165, 1.54) is 6.92 Å². The van der Waals surface area contributed by atoms with Crippen molar-refractivity contribution in [2.24, 2.45) is 0 Å². The second kappa shape index (κ2) is 7.40. The summed E-state index contributed by atoms with van der Waals surface area (Å²) in [6.45, 7) is 1.36. The Labute approximate surface area is 145 Å². The van der Waals surface area contributed by atoms with E-state index < -0.39 is 0 Å². The van der Waals surface area contributed by atoms with Crippen molar-refractivity contribution in [2.75, 3.05) is 5.32 Å². The molecule has 3 aromatic rings. The Hall–Kier alpha value is -3.47. The molecule has 0 saturated carbocycles. The third kappa shape index (κ3) is 4.29. The molecule has 0 unspecified atom stereocenters. The minimum Gasteiger partial charge on any atom is -0.427 e. The second-order valence-corrected chi connectivity index (χ2v) is 5.37. The van der Waals surface area contributed by atoms with Gasteiger partial charge in [-0.25, -0.2) is 4.98 Å². The lowest BCUT2D eigenvalue weighted by molar-refractivity contribution is -0.131. The zero-order valence-electron chi connectivity index (χ0n) is 13.6. The van der Waals surface area contributed by atoms with E-state index in [-0.39, 0.29) is 11.9 Å². The lowest BCUT2D eigenvalue weighted by Crippen LogP contribution is -2.12. The number of rotatable bonds is 4. The van der Waals surface area contributed by atoms with Crippen LogP contribution in [0.1, 0.15) is 17.3 Å². The monoisotopic (exact) mass is 332 g/mol. The molecule has 0 saturated heterocycles. The average molecular weight is 332 g/mol. The summed E-state index contributed by atoms with van der Waals surface area (Å²) in [7, 11) is 0. The first-order valence-electron chi connectivity index (χ1n) is 7.73. The molecular formula is C20H16N2O3. The van der Waals surface area contributed by atoms with Gasteiger partial charge in [0.2, 0.25) is 0 Å². The minimum absolute atomic E-state index is 0.225. The highest BCUT2D eigenvalue weighted by Crippen LogP contribution is 2.23. The number of ether oxygens (including phenoxy) is 1. The Kier molecular flexibility index (Phi) is 4.85. The van der Waals surface area contributed by atoms with Crippen molar-refractivity contribution in [3.8, 4) is 16.9 Å². The van der Waals surface area contributed by atoms with Gasteiger partial charge >= 0.3 is 5.97 Å². The maximum atomic E-state index is 12.4. The highest BCUT2D eigenvalue weighted by atomic mass is 16.5.